The van der Waals surface area contributed by atoms with Crippen molar-refractivity contribution >= 4 is 5.97 Å². The molecule has 2 unspecified atom stereocenters. The van der Waals surface area contributed by atoms with Crippen LogP contribution in [-0.2, 0) is 4.79 Å². The average Bonchev–Trinajstić information content (AvgIpc) is 2.37. The number of aliphatic carboxylic acids is 1. The Morgan fingerprint density at radius 2 is 1.79 bits per heavy atom. The largest absolute Gasteiger partial charge is 0.497 e. The first kappa shape index (κ1) is 15.3. The Kier molecular flexibility index (Phi) is 4.78. The lowest BCUT2D eigenvalue weighted by Crippen LogP contribution is -2.45. The van der Waals surface area contributed by atoms with Crippen molar-refractivity contribution in [2.45, 2.75) is 31.7 Å². The van der Waals surface area contributed by atoms with E-state index in [1.165, 1.54) is 6.92 Å². The van der Waals surface area contributed by atoms with Crippen LogP contribution in [0.15, 0.2) is 18.2 Å². The fourth-order valence-electron chi connectivity index (χ4n) is 1.96. The summed E-state index contributed by atoms with van der Waals surface area (Å²) in [6, 6.07) is 5.51. The van der Waals surface area contributed by atoms with Crippen LogP contribution in [0.5, 0.6) is 11.5 Å². The van der Waals surface area contributed by atoms with Crippen molar-refractivity contribution in [3.63, 3.8) is 0 Å². The van der Waals surface area contributed by atoms with Gasteiger partial charge < -0.3 is 20.3 Å². The standard InChI is InChI=1S/C14H21NO4/c1-9(8-14(2,15)13(16)17)10-5-11(18-3)7-12(6-10)19-4/h5-7,9H,8,15H2,1-4H3,(H,16,17). The quantitative estimate of drug-likeness (QED) is 0.823. The fourth-order valence-corrected chi connectivity index (χ4v) is 1.96. The lowest BCUT2D eigenvalue weighted by molar-refractivity contribution is -0.143. The highest BCUT2D eigenvalue weighted by Crippen LogP contribution is 2.31. The zero-order valence-electron chi connectivity index (χ0n) is 11.8. The van der Waals surface area contributed by atoms with Crippen LogP contribution in [0.4, 0.5) is 0 Å². The summed E-state index contributed by atoms with van der Waals surface area (Å²) in [5, 5.41) is 9.06. The molecule has 3 N–H and O–H groups in total. The molecule has 0 aliphatic heterocycles. The average molecular weight is 267 g/mol. The Labute approximate surface area is 113 Å². The van der Waals surface area contributed by atoms with E-state index in [1.54, 1.807) is 20.3 Å². The maximum absolute atomic E-state index is 11.1. The zero-order valence-corrected chi connectivity index (χ0v) is 11.8. The molecule has 1 aromatic rings. The Morgan fingerprint density at radius 1 is 1.32 bits per heavy atom. The third-order valence-electron chi connectivity index (χ3n) is 3.16. The van der Waals surface area contributed by atoms with Crippen molar-refractivity contribution in [3.8, 4) is 11.5 Å². The highest BCUT2D eigenvalue weighted by atomic mass is 16.5. The number of benzene rings is 1. The second-order valence-electron chi connectivity index (χ2n) is 4.97. The second-order valence-corrected chi connectivity index (χ2v) is 4.97. The molecule has 0 amide bonds. The molecule has 1 rings (SSSR count). The summed E-state index contributed by atoms with van der Waals surface area (Å²) in [5.74, 6) is 0.329. The molecule has 1 aromatic carbocycles. The summed E-state index contributed by atoms with van der Waals surface area (Å²) in [5.41, 5.74) is 5.46. The number of carboxylic acids is 1. The highest BCUT2D eigenvalue weighted by Gasteiger charge is 2.30. The van der Waals surface area contributed by atoms with Crippen molar-refractivity contribution in [1.82, 2.24) is 0 Å². The van der Waals surface area contributed by atoms with Crippen LogP contribution in [0, 0.1) is 0 Å². The first-order chi connectivity index (χ1) is 8.80. The molecule has 0 aliphatic rings. The van der Waals surface area contributed by atoms with Crippen LogP contribution < -0.4 is 15.2 Å². The van der Waals surface area contributed by atoms with E-state index in [0.717, 1.165) is 5.56 Å². The lowest BCUT2D eigenvalue weighted by atomic mass is 9.86. The Hall–Kier alpha value is -1.75. The summed E-state index contributed by atoms with van der Waals surface area (Å²) < 4.78 is 10.4. The summed E-state index contributed by atoms with van der Waals surface area (Å²) >= 11 is 0. The maximum Gasteiger partial charge on any atom is 0.323 e. The summed E-state index contributed by atoms with van der Waals surface area (Å²) in [6.07, 6.45) is 0.332. The number of ether oxygens (including phenoxy) is 2. The van der Waals surface area contributed by atoms with Gasteiger partial charge in [0.15, 0.2) is 0 Å². The van der Waals surface area contributed by atoms with Crippen molar-refractivity contribution in [2.24, 2.45) is 5.73 Å². The van der Waals surface area contributed by atoms with Gasteiger partial charge in [-0.15, -0.1) is 0 Å². The molecule has 0 heterocycles. The van der Waals surface area contributed by atoms with E-state index in [9.17, 15) is 4.79 Å². The molecule has 0 saturated heterocycles. The molecule has 0 fully saturated rings. The molecule has 0 spiro atoms. The van der Waals surface area contributed by atoms with Gasteiger partial charge in [0, 0.05) is 6.07 Å². The minimum Gasteiger partial charge on any atom is -0.497 e. The number of methoxy groups -OCH3 is 2. The predicted octanol–water partition coefficient (Wildman–Crippen LogP) is 2.00. The summed E-state index contributed by atoms with van der Waals surface area (Å²) in [4.78, 5) is 11.1. The molecule has 5 heteroatoms. The molecular weight excluding hydrogens is 246 g/mol. The molecule has 0 radical (unpaired) electrons. The molecular formula is C14H21NO4. The van der Waals surface area contributed by atoms with Crippen LogP contribution in [-0.4, -0.2) is 30.8 Å². The third-order valence-corrected chi connectivity index (χ3v) is 3.16. The Balaban J connectivity index is 2.99. The molecule has 2 atom stereocenters. The number of hydrogen-bond acceptors (Lipinski definition) is 4. The second kappa shape index (κ2) is 5.93. The monoisotopic (exact) mass is 267 g/mol. The Morgan fingerprint density at radius 3 is 2.16 bits per heavy atom. The SMILES string of the molecule is COc1cc(OC)cc(C(C)CC(C)(N)C(=O)O)c1. The first-order valence-corrected chi connectivity index (χ1v) is 6.05. The highest BCUT2D eigenvalue weighted by molar-refractivity contribution is 5.77. The zero-order chi connectivity index (χ0) is 14.6. The fraction of sp³-hybridized carbons (Fsp3) is 0.500. The molecule has 0 saturated carbocycles. The van der Waals surface area contributed by atoms with E-state index in [0.29, 0.717) is 17.9 Å². The van der Waals surface area contributed by atoms with Gasteiger partial charge in [0.05, 0.1) is 14.2 Å². The van der Waals surface area contributed by atoms with Gasteiger partial charge in [-0.1, -0.05) is 6.92 Å². The third kappa shape index (κ3) is 3.86. The van der Waals surface area contributed by atoms with Crippen molar-refractivity contribution in [1.29, 1.82) is 0 Å². The topological polar surface area (TPSA) is 81.8 Å². The number of nitrogens with two attached hydrogens (primary N) is 1. The summed E-state index contributed by atoms with van der Waals surface area (Å²) in [6.45, 7) is 3.45. The van der Waals surface area contributed by atoms with Crippen molar-refractivity contribution < 1.29 is 19.4 Å². The molecule has 106 valence electrons. The van der Waals surface area contributed by atoms with Gasteiger partial charge in [-0.3, -0.25) is 4.79 Å². The van der Waals surface area contributed by atoms with Gasteiger partial charge in [-0.05, 0) is 37.0 Å². The van der Waals surface area contributed by atoms with Crippen molar-refractivity contribution in [3.05, 3.63) is 23.8 Å². The Bertz CT molecular complexity index is 435. The number of rotatable bonds is 6. The lowest BCUT2D eigenvalue weighted by Gasteiger charge is -2.24. The van der Waals surface area contributed by atoms with E-state index < -0.39 is 11.5 Å². The minimum atomic E-state index is -1.25. The van der Waals surface area contributed by atoms with Gasteiger partial charge in [0.2, 0.25) is 0 Å². The molecule has 0 aliphatic carbocycles. The van der Waals surface area contributed by atoms with E-state index in [2.05, 4.69) is 0 Å². The van der Waals surface area contributed by atoms with Crippen molar-refractivity contribution in [2.75, 3.05) is 14.2 Å². The van der Waals surface area contributed by atoms with E-state index >= 15 is 0 Å². The van der Waals surface area contributed by atoms with Crippen LogP contribution in [0.25, 0.3) is 0 Å². The van der Waals surface area contributed by atoms with Crippen LogP contribution >= 0.6 is 0 Å². The maximum atomic E-state index is 11.1. The minimum absolute atomic E-state index is 0.0184. The van der Waals surface area contributed by atoms with Crippen LogP contribution in [0.1, 0.15) is 31.7 Å². The van der Waals surface area contributed by atoms with E-state index in [-0.39, 0.29) is 5.92 Å². The predicted molar refractivity (Wildman–Crippen MR) is 72.8 cm³/mol. The number of carbonyl (C=O) groups is 1. The molecule has 5 nitrogen and oxygen atoms in total. The number of hydrogen-bond donors (Lipinski definition) is 2. The van der Waals surface area contributed by atoms with Crippen LogP contribution in [0.2, 0.25) is 0 Å². The van der Waals surface area contributed by atoms with Gasteiger partial charge in [-0.2, -0.15) is 0 Å². The van der Waals surface area contributed by atoms with Gasteiger partial charge >= 0.3 is 5.97 Å². The first-order valence-electron chi connectivity index (χ1n) is 6.05. The van der Waals surface area contributed by atoms with E-state index in [1.807, 2.05) is 19.1 Å². The smallest absolute Gasteiger partial charge is 0.323 e. The van der Waals surface area contributed by atoms with E-state index in [4.69, 9.17) is 20.3 Å². The van der Waals surface area contributed by atoms with Gasteiger partial charge in [0.25, 0.3) is 0 Å². The normalized spacial score (nSPS) is 15.4. The van der Waals surface area contributed by atoms with Crippen LogP contribution in [0.3, 0.4) is 0 Å². The molecule has 0 aromatic heterocycles. The van der Waals surface area contributed by atoms with Gasteiger partial charge in [0.1, 0.15) is 17.0 Å². The number of carboxylic acid groups (broad SMARTS) is 1. The van der Waals surface area contributed by atoms with Gasteiger partial charge in [-0.25, -0.2) is 0 Å². The summed E-state index contributed by atoms with van der Waals surface area (Å²) in [7, 11) is 3.15. The molecule has 0 bridgehead atoms. The molecule has 19 heavy (non-hydrogen) atoms.